The third kappa shape index (κ3) is 3.79. The number of piperazine rings is 1. The van der Waals surface area contributed by atoms with Crippen molar-refractivity contribution in [2.45, 2.75) is 25.9 Å². The van der Waals surface area contributed by atoms with E-state index in [0.717, 1.165) is 0 Å². The van der Waals surface area contributed by atoms with E-state index in [1.165, 1.54) is 0 Å². The van der Waals surface area contributed by atoms with Gasteiger partial charge in [0, 0.05) is 31.7 Å². The highest BCUT2D eigenvalue weighted by atomic mass is 16.4. The van der Waals surface area contributed by atoms with E-state index >= 15 is 0 Å². The number of carbonyl (C=O) groups excluding carboxylic acids is 1. The highest BCUT2D eigenvalue weighted by Crippen LogP contribution is 2.13. The molecule has 1 saturated heterocycles. The maximum Gasteiger partial charge on any atom is 0.322 e. The van der Waals surface area contributed by atoms with Gasteiger partial charge in [0.25, 0.3) is 0 Å². The minimum atomic E-state index is -0.915. The van der Waals surface area contributed by atoms with Crippen molar-refractivity contribution < 1.29 is 14.7 Å². The number of hydrogen-bond acceptors (Lipinski definition) is 5. The molecule has 1 aromatic heterocycles. The first-order valence-corrected chi connectivity index (χ1v) is 7.00. The molecule has 1 aliphatic rings. The lowest BCUT2D eigenvalue weighted by Gasteiger charge is -2.32. The summed E-state index contributed by atoms with van der Waals surface area (Å²) in [5.41, 5.74) is 0. The summed E-state index contributed by atoms with van der Waals surface area (Å²) in [4.78, 5) is 25.0. The second-order valence-electron chi connectivity index (χ2n) is 5.33. The van der Waals surface area contributed by atoms with Crippen LogP contribution in [0.4, 0.5) is 5.82 Å². The highest BCUT2D eigenvalue weighted by molar-refractivity contribution is 5.91. The molecule has 1 amide bonds. The lowest BCUT2D eigenvalue weighted by Crippen LogP contribution is -2.56. The highest BCUT2D eigenvalue weighted by Gasteiger charge is 2.29. The summed E-state index contributed by atoms with van der Waals surface area (Å²) in [5, 5.41) is 19.1. The molecular formula is C13H21N5O3. The molecule has 0 bridgehead atoms. The molecule has 1 unspecified atom stereocenters. The maximum atomic E-state index is 12.1. The standard InChI is InChI=1S/C13H21N5O3/c1-9(2)18-11(3-4-15-18)16-12(19)8-17-6-5-14-7-10(17)13(20)21/h3-4,9-10,14H,5-8H2,1-2H3,(H,16,19)(H,20,21). The van der Waals surface area contributed by atoms with Crippen LogP contribution >= 0.6 is 0 Å². The van der Waals surface area contributed by atoms with Crippen molar-refractivity contribution in [3.05, 3.63) is 12.3 Å². The van der Waals surface area contributed by atoms with Crippen LogP contribution in [0.15, 0.2) is 12.3 Å². The summed E-state index contributed by atoms with van der Waals surface area (Å²) in [6.45, 7) is 5.57. The van der Waals surface area contributed by atoms with Gasteiger partial charge in [-0.2, -0.15) is 5.10 Å². The van der Waals surface area contributed by atoms with Crippen molar-refractivity contribution in [2.24, 2.45) is 0 Å². The molecule has 1 fully saturated rings. The van der Waals surface area contributed by atoms with E-state index in [1.807, 2.05) is 13.8 Å². The number of rotatable bonds is 5. The van der Waals surface area contributed by atoms with E-state index in [4.69, 9.17) is 5.11 Å². The van der Waals surface area contributed by atoms with Crippen LogP contribution in [0.1, 0.15) is 19.9 Å². The van der Waals surface area contributed by atoms with Gasteiger partial charge in [-0.25, -0.2) is 4.68 Å². The Morgan fingerprint density at radius 2 is 2.33 bits per heavy atom. The van der Waals surface area contributed by atoms with E-state index in [9.17, 15) is 9.59 Å². The molecule has 0 spiro atoms. The van der Waals surface area contributed by atoms with Crippen molar-refractivity contribution in [2.75, 3.05) is 31.5 Å². The average Bonchev–Trinajstić information content (AvgIpc) is 2.87. The Hall–Kier alpha value is -1.93. The van der Waals surface area contributed by atoms with Gasteiger partial charge in [0.2, 0.25) is 5.91 Å². The molecule has 2 rings (SSSR count). The number of nitrogens with zero attached hydrogens (tertiary/aromatic N) is 3. The van der Waals surface area contributed by atoms with Crippen LogP contribution in [0.5, 0.6) is 0 Å². The zero-order valence-corrected chi connectivity index (χ0v) is 12.2. The Morgan fingerprint density at radius 1 is 1.57 bits per heavy atom. The molecule has 1 aliphatic heterocycles. The van der Waals surface area contributed by atoms with Crippen molar-refractivity contribution >= 4 is 17.7 Å². The van der Waals surface area contributed by atoms with Gasteiger partial charge >= 0.3 is 5.97 Å². The predicted molar refractivity (Wildman–Crippen MR) is 77.1 cm³/mol. The molecule has 116 valence electrons. The fourth-order valence-corrected chi connectivity index (χ4v) is 2.37. The van der Waals surface area contributed by atoms with Crippen LogP contribution in [-0.4, -0.2) is 63.9 Å². The Labute approximate surface area is 123 Å². The summed E-state index contributed by atoms with van der Waals surface area (Å²) in [7, 11) is 0. The number of nitrogens with one attached hydrogen (secondary N) is 2. The first-order valence-electron chi connectivity index (χ1n) is 7.00. The van der Waals surface area contributed by atoms with E-state index in [-0.39, 0.29) is 18.5 Å². The topological polar surface area (TPSA) is 99.5 Å². The summed E-state index contributed by atoms with van der Waals surface area (Å²) >= 11 is 0. The zero-order chi connectivity index (χ0) is 15.4. The molecule has 1 atom stereocenters. The second kappa shape index (κ2) is 6.68. The van der Waals surface area contributed by atoms with E-state index in [2.05, 4.69) is 15.7 Å². The monoisotopic (exact) mass is 295 g/mol. The van der Waals surface area contributed by atoms with Gasteiger partial charge in [0.1, 0.15) is 11.9 Å². The minimum Gasteiger partial charge on any atom is -0.480 e. The smallest absolute Gasteiger partial charge is 0.322 e. The summed E-state index contributed by atoms with van der Waals surface area (Å²) in [6, 6.07) is 1.20. The number of hydrogen-bond donors (Lipinski definition) is 3. The number of carboxylic acids is 1. The van der Waals surface area contributed by atoms with Crippen molar-refractivity contribution in [1.82, 2.24) is 20.0 Å². The maximum absolute atomic E-state index is 12.1. The van der Waals surface area contributed by atoms with Crippen LogP contribution in [0.25, 0.3) is 0 Å². The van der Waals surface area contributed by atoms with Gasteiger partial charge in [0.15, 0.2) is 0 Å². The van der Waals surface area contributed by atoms with Gasteiger partial charge in [-0.05, 0) is 13.8 Å². The molecule has 0 aromatic carbocycles. The van der Waals surface area contributed by atoms with Gasteiger partial charge in [-0.3, -0.25) is 14.5 Å². The van der Waals surface area contributed by atoms with E-state index in [0.29, 0.717) is 25.5 Å². The number of aromatic nitrogens is 2. The molecular weight excluding hydrogens is 274 g/mol. The third-order valence-corrected chi connectivity index (χ3v) is 3.41. The number of carboxylic acid groups (broad SMARTS) is 1. The molecule has 8 heteroatoms. The third-order valence-electron chi connectivity index (χ3n) is 3.41. The minimum absolute atomic E-state index is 0.0575. The summed E-state index contributed by atoms with van der Waals surface area (Å²) < 4.78 is 1.71. The number of carbonyl (C=O) groups is 2. The first kappa shape index (κ1) is 15.5. The van der Waals surface area contributed by atoms with Gasteiger partial charge in [0.05, 0.1) is 12.7 Å². The Kier molecular flexibility index (Phi) is 4.92. The molecule has 1 aromatic rings. The van der Waals surface area contributed by atoms with E-state index < -0.39 is 12.0 Å². The fraction of sp³-hybridized carbons (Fsp3) is 0.615. The van der Waals surface area contributed by atoms with Crippen LogP contribution in [0.3, 0.4) is 0 Å². The van der Waals surface area contributed by atoms with Gasteiger partial charge in [-0.1, -0.05) is 0 Å². The predicted octanol–water partition coefficient (Wildman–Crippen LogP) is -0.239. The molecule has 0 saturated carbocycles. The van der Waals surface area contributed by atoms with Gasteiger partial charge in [-0.15, -0.1) is 0 Å². The van der Waals surface area contributed by atoms with Crippen LogP contribution in [0, 0.1) is 0 Å². The number of amides is 1. The van der Waals surface area contributed by atoms with Crippen molar-refractivity contribution in [1.29, 1.82) is 0 Å². The number of aliphatic carboxylic acids is 1. The first-order chi connectivity index (χ1) is 9.99. The number of anilines is 1. The van der Waals surface area contributed by atoms with Crippen molar-refractivity contribution in [3.8, 4) is 0 Å². The molecule has 0 aliphatic carbocycles. The van der Waals surface area contributed by atoms with Gasteiger partial charge < -0.3 is 15.7 Å². The van der Waals surface area contributed by atoms with Crippen LogP contribution < -0.4 is 10.6 Å². The molecule has 0 radical (unpaired) electrons. The SMILES string of the molecule is CC(C)n1nccc1NC(=O)CN1CCNCC1C(=O)O. The fourth-order valence-electron chi connectivity index (χ4n) is 2.37. The largest absolute Gasteiger partial charge is 0.480 e. The van der Waals surface area contributed by atoms with E-state index in [1.54, 1.807) is 21.8 Å². The quantitative estimate of drug-likeness (QED) is 0.693. The van der Waals surface area contributed by atoms with Crippen molar-refractivity contribution in [3.63, 3.8) is 0 Å². The van der Waals surface area contributed by atoms with Crippen LogP contribution in [0.2, 0.25) is 0 Å². The normalized spacial score (nSPS) is 19.7. The molecule has 8 nitrogen and oxygen atoms in total. The Morgan fingerprint density at radius 3 is 3.00 bits per heavy atom. The lowest BCUT2D eigenvalue weighted by atomic mass is 10.2. The zero-order valence-electron chi connectivity index (χ0n) is 12.2. The lowest BCUT2D eigenvalue weighted by molar-refractivity contribution is -0.144. The van der Waals surface area contributed by atoms with Crippen LogP contribution in [-0.2, 0) is 9.59 Å². The molecule has 3 N–H and O–H groups in total. The second-order valence-corrected chi connectivity index (χ2v) is 5.33. The average molecular weight is 295 g/mol. The molecule has 2 heterocycles. The Bertz CT molecular complexity index is 514. The summed E-state index contributed by atoms with van der Waals surface area (Å²) in [6.07, 6.45) is 1.63. The molecule has 21 heavy (non-hydrogen) atoms. The Balaban J connectivity index is 1.97. The summed E-state index contributed by atoms with van der Waals surface area (Å²) in [5.74, 6) is -0.523.